The van der Waals surface area contributed by atoms with Crippen LogP contribution in [0.5, 0.6) is 0 Å². The topological polar surface area (TPSA) is 131 Å². The third kappa shape index (κ3) is 3.69. The predicted molar refractivity (Wildman–Crippen MR) is 119 cm³/mol. The predicted octanol–water partition coefficient (Wildman–Crippen LogP) is 2.35. The summed E-state index contributed by atoms with van der Waals surface area (Å²) in [6.45, 7) is 1.39. The number of fused-ring (bicyclic) bond motifs is 1. The second-order valence-electron chi connectivity index (χ2n) is 6.81. The number of amidine groups is 1. The second-order valence-corrected chi connectivity index (χ2v) is 7.61. The maximum atomic E-state index is 12.7. The summed E-state index contributed by atoms with van der Waals surface area (Å²) in [6.07, 6.45) is 6.01. The number of hydrogen-bond donors (Lipinski definition) is 2. The molecular formula is C18H15Cl2N11O. The number of carbonyl (C=O) groups excluding carboxylic acids is 1. The van der Waals surface area contributed by atoms with E-state index in [-0.39, 0.29) is 10.2 Å². The Morgan fingerprint density at radius 3 is 2.62 bits per heavy atom. The lowest BCUT2D eigenvalue weighted by atomic mass is 10.3. The minimum absolute atomic E-state index is 0.274. The average Bonchev–Trinajstić information content (AvgIpc) is 3.49. The van der Waals surface area contributed by atoms with Crippen molar-refractivity contribution < 1.29 is 4.79 Å². The van der Waals surface area contributed by atoms with Crippen molar-refractivity contribution in [3.8, 4) is 5.82 Å². The molecule has 0 unspecified atom stereocenters. The summed E-state index contributed by atoms with van der Waals surface area (Å²) in [7, 11) is 1.91. The van der Waals surface area contributed by atoms with Crippen LogP contribution in [0.1, 0.15) is 5.69 Å². The van der Waals surface area contributed by atoms with Crippen LogP contribution in [0.25, 0.3) is 11.5 Å². The highest BCUT2D eigenvalue weighted by molar-refractivity contribution is 6.32. The van der Waals surface area contributed by atoms with Gasteiger partial charge in [-0.3, -0.25) is 4.99 Å². The highest BCUT2D eigenvalue weighted by Gasteiger charge is 2.24. The van der Waals surface area contributed by atoms with E-state index in [1.54, 1.807) is 16.6 Å². The summed E-state index contributed by atoms with van der Waals surface area (Å²) in [4.78, 5) is 29.1. The number of carbonyl (C=O) groups is 1. The van der Waals surface area contributed by atoms with Gasteiger partial charge in [0, 0.05) is 19.7 Å². The van der Waals surface area contributed by atoms with Gasteiger partial charge in [0.05, 0.1) is 47.7 Å². The second kappa shape index (κ2) is 8.05. The van der Waals surface area contributed by atoms with Gasteiger partial charge < -0.3 is 15.5 Å². The van der Waals surface area contributed by atoms with Gasteiger partial charge in [0.1, 0.15) is 5.69 Å². The number of nitrogens with one attached hydrogen (secondary N) is 2. The number of nitrogens with zero attached hydrogens (tertiary/aromatic N) is 9. The number of aliphatic imine (C=N–C) groups is 1. The molecule has 1 aliphatic rings. The number of halogens is 2. The summed E-state index contributed by atoms with van der Waals surface area (Å²) in [6, 6.07) is 2.67. The third-order valence-corrected chi connectivity index (χ3v) is 5.12. The van der Waals surface area contributed by atoms with Crippen LogP contribution in [0.3, 0.4) is 0 Å². The Morgan fingerprint density at radius 1 is 1.09 bits per heavy atom. The van der Waals surface area contributed by atoms with Crippen LogP contribution in [0, 0.1) is 0 Å². The molecule has 0 aromatic carbocycles. The van der Waals surface area contributed by atoms with Crippen molar-refractivity contribution in [3.63, 3.8) is 0 Å². The van der Waals surface area contributed by atoms with Gasteiger partial charge in [0.25, 0.3) is 0 Å². The molecule has 2 amide bonds. The fraction of sp³-hybridized carbons (Fsp3) is 0.167. The normalized spacial score (nSPS) is 13.5. The summed E-state index contributed by atoms with van der Waals surface area (Å²) < 4.78 is 1.56. The number of amides is 2. The van der Waals surface area contributed by atoms with E-state index in [9.17, 15) is 4.79 Å². The van der Waals surface area contributed by atoms with E-state index in [0.29, 0.717) is 40.9 Å². The smallest absolute Gasteiger partial charge is 0.323 e. The largest absolute Gasteiger partial charge is 0.356 e. The molecule has 2 N–H and O–H groups in total. The molecule has 0 radical (unpaired) electrons. The fourth-order valence-electron chi connectivity index (χ4n) is 3.26. The van der Waals surface area contributed by atoms with Crippen LogP contribution in [0.4, 0.5) is 16.2 Å². The number of hydrogen-bond acceptors (Lipinski definition) is 8. The van der Waals surface area contributed by atoms with Gasteiger partial charge in [0.2, 0.25) is 0 Å². The van der Waals surface area contributed by atoms with Gasteiger partial charge in [-0.15, -0.1) is 4.80 Å². The molecule has 162 valence electrons. The van der Waals surface area contributed by atoms with Gasteiger partial charge in [-0.1, -0.05) is 23.2 Å². The number of rotatable bonds is 4. The number of urea groups is 1. The molecule has 4 aromatic heterocycles. The number of aromatic nitrogens is 7. The molecule has 0 bridgehead atoms. The molecule has 4 aromatic rings. The first kappa shape index (κ1) is 20.2. The highest BCUT2D eigenvalue weighted by atomic mass is 35.5. The molecule has 5 heterocycles. The van der Waals surface area contributed by atoms with Gasteiger partial charge in [-0.05, 0) is 6.07 Å². The Bertz CT molecular complexity index is 1350. The zero-order valence-corrected chi connectivity index (χ0v) is 18.1. The van der Waals surface area contributed by atoms with Crippen molar-refractivity contribution in [2.45, 2.75) is 0 Å². The van der Waals surface area contributed by atoms with Crippen LogP contribution in [0.2, 0.25) is 10.2 Å². The fourth-order valence-corrected chi connectivity index (χ4v) is 3.67. The SMILES string of the molecule is CN1CCN=C1c1c(NC(=O)Nc2cnc(-n3nccn3)c(Cl)c2)cnc2cc(Cl)nn12. The molecule has 0 fully saturated rings. The molecule has 32 heavy (non-hydrogen) atoms. The van der Waals surface area contributed by atoms with Crippen LogP contribution in [-0.4, -0.2) is 71.5 Å². The first-order chi connectivity index (χ1) is 15.5. The molecule has 0 saturated carbocycles. The van der Waals surface area contributed by atoms with E-state index in [1.807, 2.05) is 11.9 Å². The van der Waals surface area contributed by atoms with Crippen molar-refractivity contribution in [3.05, 3.63) is 52.8 Å². The number of pyridine rings is 1. The van der Waals surface area contributed by atoms with E-state index in [0.717, 1.165) is 6.54 Å². The molecule has 0 atom stereocenters. The minimum Gasteiger partial charge on any atom is -0.356 e. The van der Waals surface area contributed by atoms with Gasteiger partial charge in [-0.2, -0.15) is 15.3 Å². The van der Waals surface area contributed by atoms with Crippen molar-refractivity contribution >= 4 is 52.1 Å². The quantitative estimate of drug-likeness (QED) is 0.466. The molecule has 12 nitrogen and oxygen atoms in total. The zero-order chi connectivity index (χ0) is 22.2. The van der Waals surface area contributed by atoms with E-state index in [1.165, 1.54) is 29.6 Å². The van der Waals surface area contributed by atoms with E-state index < -0.39 is 6.03 Å². The van der Waals surface area contributed by atoms with Crippen molar-refractivity contribution in [2.75, 3.05) is 30.8 Å². The molecule has 14 heteroatoms. The van der Waals surface area contributed by atoms with Crippen LogP contribution in [-0.2, 0) is 0 Å². The van der Waals surface area contributed by atoms with Gasteiger partial charge in [0.15, 0.2) is 22.5 Å². The van der Waals surface area contributed by atoms with Crippen molar-refractivity contribution in [1.29, 1.82) is 0 Å². The average molecular weight is 472 g/mol. The Hall–Kier alpha value is -3.77. The highest BCUT2D eigenvalue weighted by Crippen LogP contribution is 2.24. The minimum atomic E-state index is -0.519. The van der Waals surface area contributed by atoms with Crippen LogP contribution in [0.15, 0.2) is 41.9 Å². The monoisotopic (exact) mass is 471 g/mol. The van der Waals surface area contributed by atoms with E-state index in [2.05, 4.69) is 40.9 Å². The standard InChI is InChI=1S/C18H15Cl2N11O/c1-29-5-4-21-17(29)15-12(9-22-14-7-13(20)28-30(14)15)27-18(32)26-10-6-11(19)16(23-8-10)31-24-2-3-25-31/h2-3,6-9H,4-5H2,1H3,(H2,26,27,32). The summed E-state index contributed by atoms with van der Waals surface area (Å²) in [5.41, 5.74) is 1.92. The lowest BCUT2D eigenvalue weighted by Crippen LogP contribution is -2.29. The van der Waals surface area contributed by atoms with Crippen LogP contribution < -0.4 is 10.6 Å². The van der Waals surface area contributed by atoms with Crippen LogP contribution >= 0.6 is 23.2 Å². The third-order valence-electron chi connectivity index (χ3n) is 4.66. The van der Waals surface area contributed by atoms with E-state index in [4.69, 9.17) is 23.2 Å². The summed E-state index contributed by atoms with van der Waals surface area (Å²) in [5.74, 6) is 1.02. The Balaban J connectivity index is 1.42. The first-order valence-electron chi connectivity index (χ1n) is 9.40. The Kier molecular flexibility index (Phi) is 5.07. The molecule has 5 rings (SSSR count). The maximum absolute atomic E-state index is 12.7. The van der Waals surface area contributed by atoms with Crippen molar-refractivity contribution in [1.82, 2.24) is 39.5 Å². The van der Waals surface area contributed by atoms with Crippen molar-refractivity contribution in [2.24, 2.45) is 4.99 Å². The lowest BCUT2D eigenvalue weighted by molar-refractivity contribution is 0.262. The molecular weight excluding hydrogens is 457 g/mol. The van der Waals surface area contributed by atoms with Gasteiger partial charge in [-0.25, -0.2) is 19.3 Å². The van der Waals surface area contributed by atoms with Gasteiger partial charge >= 0.3 is 6.03 Å². The summed E-state index contributed by atoms with van der Waals surface area (Å²) >= 11 is 12.3. The Morgan fingerprint density at radius 2 is 1.91 bits per heavy atom. The molecule has 0 aliphatic carbocycles. The maximum Gasteiger partial charge on any atom is 0.323 e. The number of anilines is 2. The molecule has 0 saturated heterocycles. The first-order valence-corrected chi connectivity index (χ1v) is 10.2. The molecule has 1 aliphatic heterocycles. The number of likely N-dealkylation sites (N-methyl/N-ethyl adjacent to an activating group) is 1. The summed E-state index contributed by atoms with van der Waals surface area (Å²) in [5, 5.41) is 18.3. The lowest BCUT2D eigenvalue weighted by Gasteiger charge is -2.18. The van der Waals surface area contributed by atoms with E-state index >= 15 is 0 Å². The zero-order valence-electron chi connectivity index (χ0n) is 16.6. The Labute approximate surface area is 190 Å². The molecule has 0 spiro atoms.